The lowest BCUT2D eigenvalue weighted by Crippen LogP contribution is -1.93. The van der Waals surface area contributed by atoms with Crippen molar-refractivity contribution in [3.63, 3.8) is 0 Å². The number of rotatable bonds is 1. The fourth-order valence-electron chi connectivity index (χ4n) is 5.80. The van der Waals surface area contributed by atoms with Crippen LogP contribution in [0.25, 0.3) is 70.8 Å². The number of H-pyrrole nitrogens is 1. The molecule has 0 unspecified atom stereocenters. The Morgan fingerprint density at radius 3 is 1.97 bits per heavy atom. The number of benzene rings is 6. The van der Waals surface area contributed by atoms with Gasteiger partial charge in [0.05, 0.1) is 11.0 Å². The van der Waals surface area contributed by atoms with Crippen molar-refractivity contribution >= 4 is 65.2 Å². The van der Waals surface area contributed by atoms with Gasteiger partial charge in [-0.1, -0.05) is 72.8 Å². The fourth-order valence-corrected chi connectivity index (χ4v) is 5.80. The van der Waals surface area contributed by atoms with E-state index in [9.17, 15) is 0 Å². The van der Waals surface area contributed by atoms with E-state index in [0.717, 1.165) is 0 Å². The predicted octanol–water partition coefficient (Wildman–Crippen LogP) is 8.72. The minimum Gasteiger partial charge on any atom is -0.354 e. The molecule has 8 rings (SSSR count). The summed E-state index contributed by atoms with van der Waals surface area (Å²) in [7, 11) is 0. The highest BCUT2D eigenvalue weighted by Gasteiger charge is 2.19. The lowest BCUT2D eigenvalue weighted by molar-refractivity contribution is 1.18. The Bertz CT molecular complexity index is 2060. The van der Waals surface area contributed by atoms with Gasteiger partial charge in [0.25, 0.3) is 0 Å². The van der Waals surface area contributed by atoms with Crippen molar-refractivity contribution in [2.45, 2.75) is 0 Å². The second kappa shape index (κ2) is 6.49. The van der Waals surface area contributed by atoms with Crippen molar-refractivity contribution in [1.82, 2.24) is 9.55 Å². The predicted molar refractivity (Wildman–Crippen MR) is 145 cm³/mol. The van der Waals surface area contributed by atoms with Crippen LogP contribution in [-0.4, -0.2) is 9.55 Å². The topological polar surface area (TPSA) is 20.7 Å². The Kier molecular flexibility index (Phi) is 3.42. The maximum absolute atomic E-state index is 3.70. The molecule has 2 aromatic heterocycles. The van der Waals surface area contributed by atoms with E-state index in [-0.39, 0.29) is 0 Å². The summed E-state index contributed by atoms with van der Waals surface area (Å²) in [5, 5.41) is 10.3. The first-order valence-corrected chi connectivity index (χ1v) is 11.7. The van der Waals surface area contributed by atoms with Gasteiger partial charge in [0, 0.05) is 38.3 Å². The number of aromatic nitrogens is 2. The van der Waals surface area contributed by atoms with Crippen molar-refractivity contribution in [3.8, 4) is 5.69 Å². The van der Waals surface area contributed by atoms with Crippen LogP contribution in [0.2, 0.25) is 0 Å². The van der Waals surface area contributed by atoms with Gasteiger partial charge in [-0.15, -0.1) is 0 Å². The highest BCUT2D eigenvalue weighted by molar-refractivity contribution is 6.33. The number of aromatic amines is 1. The third-order valence-electron chi connectivity index (χ3n) is 7.26. The number of para-hydroxylation sites is 1. The fraction of sp³-hybridized carbons (Fsp3) is 0. The van der Waals surface area contributed by atoms with Crippen LogP contribution in [0.5, 0.6) is 0 Å². The third-order valence-corrected chi connectivity index (χ3v) is 7.26. The SMILES string of the molecule is c1ccc(-n2c3cc4ccccc4cc3c3c4c(ccc32)[nH]c2ccc3ccccc3c24)cc1. The molecule has 0 spiro atoms. The summed E-state index contributed by atoms with van der Waals surface area (Å²) in [6.45, 7) is 0. The number of hydrogen-bond donors (Lipinski definition) is 1. The maximum Gasteiger partial charge on any atom is 0.0548 e. The third kappa shape index (κ3) is 2.29. The molecule has 6 aromatic carbocycles. The number of nitrogens with one attached hydrogen (secondary N) is 1. The van der Waals surface area contributed by atoms with Crippen LogP contribution in [-0.2, 0) is 0 Å². The first-order chi connectivity index (χ1) is 16.9. The average molecular weight is 433 g/mol. The summed E-state index contributed by atoms with van der Waals surface area (Å²) in [5.74, 6) is 0. The Morgan fingerprint density at radius 2 is 1.12 bits per heavy atom. The van der Waals surface area contributed by atoms with Gasteiger partial charge in [-0.25, -0.2) is 0 Å². The zero-order valence-corrected chi connectivity index (χ0v) is 18.4. The second-order valence-corrected chi connectivity index (χ2v) is 9.10. The van der Waals surface area contributed by atoms with Crippen LogP contribution in [0.3, 0.4) is 0 Å². The zero-order chi connectivity index (χ0) is 22.2. The van der Waals surface area contributed by atoms with Crippen molar-refractivity contribution in [1.29, 1.82) is 0 Å². The minimum atomic E-state index is 1.18. The summed E-state index contributed by atoms with van der Waals surface area (Å²) in [6, 6.07) is 41.7. The highest BCUT2D eigenvalue weighted by atomic mass is 15.0. The summed E-state index contributed by atoms with van der Waals surface area (Å²) < 4.78 is 2.42. The molecule has 0 saturated heterocycles. The molecule has 0 fully saturated rings. The van der Waals surface area contributed by atoms with E-state index >= 15 is 0 Å². The van der Waals surface area contributed by atoms with Gasteiger partial charge in [-0.2, -0.15) is 0 Å². The average Bonchev–Trinajstić information content (AvgIpc) is 3.43. The van der Waals surface area contributed by atoms with Crippen LogP contribution in [0.4, 0.5) is 0 Å². The van der Waals surface area contributed by atoms with Gasteiger partial charge in [0.1, 0.15) is 0 Å². The van der Waals surface area contributed by atoms with E-state index in [2.05, 4.69) is 125 Å². The molecule has 2 heteroatoms. The molecule has 1 N–H and O–H groups in total. The molecular weight excluding hydrogens is 412 g/mol. The first kappa shape index (κ1) is 17.9. The van der Waals surface area contributed by atoms with E-state index in [1.807, 2.05) is 0 Å². The number of fused-ring (bicyclic) bond motifs is 10. The van der Waals surface area contributed by atoms with Crippen LogP contribution < -0.4 is 0 Å². The van der Waals surface area contributed by atoms with Gasteiger partial charge >= 0.3 is 0 Å². The Morgan fingerprint density at radius 1 is 0.441 bits per heavy atom. The van der Waals surface area contributed by atoms with Crippen LogP contribution in [0.15, 0.2) is 115 Å². The molecule has 2 nitrogen and oxygen atoms in total. The second-order valence-electron chi connectivity index (χ2n) is 9.10. The molecule has 0 aliphatic rings. The maximum atomic E-state index is 3.70. The van der Waals surface area contributed by atoms with Gasteiger partial charge in [0.2, 0.25) is 0 Å². The van der Waals surface area contributed by atoms with Gasteiger partial charge in [0.15, 0.2) is 0 Å². The van der Waals surface area contributed by atoms with E-state index in [1.165, 1.54) is 70.8 Å². The molecule has 0 bridgehead atoms. The molecule has 0 aliphatic heterocycles. The molecule has 0 atom stereocenters. The summed E-state index contributed by atoms with van der Waals surface area (Å²) in [5.41, 5.74) is 6.02. The Labute approximate surface area is 195 Å². The molecular formula is C32H20N2. The molecule has 158 valence electrons. The molecule has 34 heavy (non-hydrogen) atoms. The van der Waals surface area contributed by atoms with Crippen molar-refractivity contribution in [2.24, 2.45) is 0 Å². The first-order valence-electron chi connectivity index (χ1n) is 11.7. The smallest absolute Gasteiger partial charge is 0.0548 e. The van der Waals surface area contributed by atoms with Crippen molar-refractivity contribution < 1.29 is 0 Å². The van der Waals surface area contributed by atoms with Crippen molar-refractivity contribution in [2.75, 3.05) is 0 Å². The van der Waals surface area contributed by atoms with Gasteiger partial charge in [-0.05, 0) is 64.0 Å². The summed E-state index contributed by atoms with van der Waals surface area (Å²) >= 11 is 0. The van der Waals surface area contributed by atoms with E-state index in [0.29, 0.717) is 0 Å². The van der Waals surface area contributed by atoms with E-state index in [4.69, 9.17) is 0 Å². The molecule has 0 aliphatic carbocycles. The Balaban J connectivity index is 1.69. The lowest BCUT2D eigenvalue weighted by atomic mass is 9.99. The van der Waals surface area contributed by atoms with Gasteiger partial charge in [-0.3, -0.25) is 0 Å². The molecule has 8 aromatic rings. The molecule has 0 saturated carbocycles. The van der Waals surface area contributed by atoms with E-state index in [1.54, 1.807) is 0 Å². The molecule has 0 radical (unpaired) electrons. The normalized spacial score (nSPS) is 12.1. The zero-order valence-electron chi connectivity index (χ0n) is 18.4. The standard InChI is InChI=1S/C32H20N2/c1-2-11-23(12-3-1)34-28-17-16-27-32(30-24-13-7-6-8-20(24)14-15-26(30)33-27)31(28)25-18-21-9-4-5-10-22(21)19-29(25)34/h1-19,33H. The van der Waals surface area contributed by atoms with Gasteiger partial charge < -0.3 is 9.55 Å². The van der Waals surface area contributed by atoms with Crippen molar-refractivity contribution in [3.05, 3.63) is 115 Å². The summed E-state index contributed by atoms with van der Waals surface area (Å²) in [4.78, 5) is 3.70. The molecule has 0 amide bonds. The molecule has 2 heterocycles. The lowest BCUT2D eigenvalue weighted by Gasteiger charge is -2.08. The highest BCUT2D eigenvalue weighted by Crippen LogP contribution is 2.42. The van der Waals surface area contributed by atoms with Crippen LogP contribution in [0.1, 0.15) is 0 Å². The summed E-state index contributed by atoms with van der Waals surface area (Å²) in [6.07, 6.45) is 0. The van der Waals surface area contributed by atoms with Crippen LogP contribution in [0, 0.1) is 0 Å². The van der Waals surface area contributed by atoms with Crippen LogP contribution >= 0.6 is 0 Å². The Hall–Kier alpha value is -4.56. The quantitative estimate of drug-likeness (QED) is 0.268. The minimum absolute atomic E-state index is 1.18. The number of nitrogens with zero attached hydrogens (tertiary/aromatic N) is 1. The largest absolute Gasteiger partial charge is 0.354 e. The van der Waals surface area contributed by atoms with E-state index < -0.39 is 0 Å². The monoisotopic (exact) mass is 432 g/mol. The number of hydrogen-bond acceptors (Lipinski definition) is 0.